The Balaban J connectivity index is 2.09. The predicted molar refractivity (Wildman–Crippen MR) is 59.6 cm³/mol. The highest BCUT2D eigenvalue weighted by atomic mass is 16.3. The van der Waals surface area contributed by atoms with E-state index in [4.69, 9.17) is 9.52 Å². The van der Waals surface area contributed by atoms with E-state index >= 15 is 0 Å². The monoisotopic (exact) mass is 205 g/mol. The predicted octanol–water partition coefficient (Wildman–Crippen LogP) is 1.90. The summed E-state index contributed by atoms with van der Waals surface area (Å²) in [5.41, 5.74) is 0.908. The first-order valence-electron chi connectivity index (χ1n) is 5.11. The molecule has 3 nitrogen and oxygen atoms in total. The minimum atomic E-state index is 0.0956. The van der Waals surface area contributed by atoms with Crippen molar-refractivity contribution in [1.29, 1.82) is 0 Å². The Hall–Kier alpha value is -1.32. The van der Waals surface area contributed by atoms with Gasteiger partial charge in [-0.1, -0.05) is 18.2 Å². The highest BCUT2D eigenvalue weighted by Gasteiger charge is 2.04. The van der Waals surface area contributed by atoms with Gasteiger partial charge in [0.2, 0.25) is 0 Å². The number of furan rings is 1. The van der Waals surface area contributed by atoms with Gasteiger partial charge in [0, 0.05) is 11.4 Å². The minimum Gasteiger partial charge on any atom is -0.460 e. The van der Waals surface area contributed by atoms with Crippen molar-refractivity contribution in [1.82, 2.24) is 5.32 Å². The molecule has 0 amide bonds. The summed E-state index contributed by atoms with van der Waals surface area (Å²) in [7, 11) is 0. The van der Waals surface area contributed by atoms with Crippen LogP contribution in [-0.4, -0.2) is 17.8 Å². The molecule has 3 heteroatoms. The quantitative estimate of drug-likeness (QED) is 0.801. The SMILES string of the molecule is C[C@@H](CO)NCc1cc2ccccc2o1. The summed E-state index contributed by atoms with van der Waals surface area (Å²) in [6.45, 7) is 2.72. The molecule has 1 heterocycles. The minimum absolute atomic E-state index is 0.0956. The van der Waals surface area contributed by atoms with E-state index in [1.807, 2.05) is 37.3 Å². The van der Waals surface area contributed by atoms with Crippen molar-refractivity contribution in [2.24, 2.45) is 0 Å². The molecule has 0 saturated heterocycles. The number of nitrogens with one attached hydrogen (secondary N) is 1. The highest BCUT2D eigenvalue weighted by molar-refractivity contribution is 5.77. The van der Waals surface area contributed by atoms with E-state index < -0.39 is 0 Å². The van der Waals surface area contributed by atoms with Gasteiger partial charge in [-0.3, -0.25) is 0 Å². The van der Waals surface area contributed by atoms with E-state index in [-0.39, 0.29) is 12.6 Å². The van der Waals surface area contributed by atoms with Crippen molar-refractivity contribution in [3.63, 3.8) is 0 Å². The average Bonchev–Trinajstić information content (AvgIpc) is 2.68. The molecule has 80 valence electrons. The number of fused-ring (bicyclic) bond motifs is 1. The molecule has 0 aliphatic heterocycles. The van der Waals surface area contributed by atoms with Gasteiger partial charge in [0.25, 0.3) is 0 Å². The van der Waals surface area contributed by atoms with Crippen molar-refractivity contribution in [3.8, 4) is 0 Å². The summed E-state index contributed by atoms with van der Waals surface area (Å²) in [4.78, 5) is 0. The summed E-state index contributed by atoms with van der Waals surface area (Å²) >= 11 is 0. The zero-order chi connectivity index (χ0) is 10.7. The smallest absolute Gasteiger partial charge is 0.134 e. The second-order valence-electron chi connectivity index (χ2n) is 3.72. The third kappa shape index (κ3) is 2.37. The van der Waals surface area contributed by atoms with Crippen LogP contribution in [0.4, 0.5) is 0 Å². The number of para-hydroxylation sites is 1. The zero-order valence-electron chi connectivity index (χ0n) is 8.73. The summed E-state index contributed by atoms with van der Waals surface area (Å²) < 4.78 is 5.62. The van der Waals surface area contributed by atoms with Gasteiger partial charge in [-0.05, 0) is 19.1 Å². The molecule has 1 atom stereocenters. The highest BCUT2D eigenvalue weighted by Crippen LogP contribution is 2.18. The van der Waals surface area contributed by atoms with E-state index in [1.54, 1.807) is 0 Å². The number of hydrogen-bond donors (Lipinski definition) is 2. The van der Waals surface area contributed by atoms with Crippen LogP contribution in [0.5, 0.6) is 0 Å². The van der Waals surface area contributed by atoms with Gasteiger partial charge < -0.3 is 14.8 Å². The fourth-order valence-corrected chi connectivity index (χ4v) is 1.46. The van der Waals surface area contributed by atoms with E-state index in [9.17, 15) is 0 Å². The molecule has 0 saturated carbocycles. The number of rotatable bonds is 4. The number of aliphatic hydroxyl groups is 1. The lowest BCUT2D eigenvalue weighted by Crippen LogP contribution is -2.28. The molecule has 0 bridgehead atoms. The first kappa shape index (κ1) is 10.2. The van der Waals surface area contributed by atoms with Crippen LogP contribution in [0.25, 0.3) is 11.0 Å². The Morgan fingerprint density at radius 3 is 2.93 bits per heavy atom. The molecule has 0 radical (unpaired) electrons. The summed E-state index contributed by atoms with van der Waals surface area (Å²) in [6.07, 6.45) is 0. The van der Waals surface area contributed by atoms with Crippen LogP contribution >= 0.6 is 0 Å². The third-order valence-electron chi connectivity index (χ3n) is 2.38. The molecular weight excluding hydrogens is 190 g/mol. The Morgan fingerprint density at radius 1 is 1.40 bits per heavy atom. The topological polar surface area (TPSA) is 45.4 Å². The Bertz CT molecular complexity index is 403. The first-order valence-corrected chi connectivity index (χ1v) is 5.11. The molecule has 2 aromatic rings. The van der Waals surface area contributed by atoms with Gasteiger partial charge in [0.05, 0.1) is 13.2 Å². The molecule has 15 heavy (non-hydrogen) atoms. The average molecular weight is 205 g/mol. The molecule has 2 N–H and O–H groups in total. The van der Waals surface area contributed by atoms with E-state index in [0.29, 0.717) is 6.54 Å². The molecule has 0 unspecified atom stereocenters. The Kier molecular flexibility index (Phi) is 3.04. The number of benzene rings is 1. The van der Waals surface area contributed by atoms with Crippen LogP contribution < -0.4 is 5.32 Å². The molecule has 1 aromatic carbocycles. The van der Waals surface area contributed by atoms with E-state index in [0.717, 1.165) is 16.7 Å². The Labute approximate surface area is 88.7 Å². The van der Waals surface area contributed by atoms with Gasteiger partial charge >= 0.3 is 0 Å². The van der Waals surface area contributed by atoms with Crippen molar-refractivity contribution in [2.45, 2.75) is 19.5 Å². The largest absolute Gasteiger partial charge is 0.460 e. The maximum Gasteiger partial charge on any atom is 0.134 e. The van der Waals surface area contributed by atoms with Crippen molar-refractivity contribution in [2.75, 3.05) is 6.61 Å². The lowest BCUT2D eigenvalue weighted by Gasteiger charge is -2.07. The Morgan fingerprint density at radius 2 is 2.20 bits per heavy atom. The van der Waals surface area contributed by atoms with Gasteiger partial charge in [0.1, 0.15) is 11.3 Å². The summed E-state index contributed by atoms with van der Waals surface area (Å²) in [6, 6.07) is 10.0. The lowest BCUT2D eigenvalue weighted by molar-refractivity contribution is 0.248. The van der Waals surface area contributed by atoms with Crippen molar-refractivity contribution in [3.05, 3.63) is 36.1 Å². The van der Waals surface area contributed by atoms with E-state index in [1.165, 1.54) is 0 Å². The first-order chi connectivity index (χ1) is 7.29. The zero-order valence-corrected chi connectivity index (χ0v) is 8.73. The van der Waals surface area contributed by atoms with E-state index in [2.05, 4.69) is 5.32 Å². The van der Waals surface area contributed by atoms with Crippen LogP contribution in [-0.2, 0) is 6.54 Å². The maximum atomic E-state index is 8.86. The molecule has 2 rings (SSSR count). The standard InChI is InChI=1S/C12H15NO2/c1-9(8-14)13-7-11-6-10-4-2-3-5-12(10)15-11/h2-6,9,13-14H,7-8H2,1H3/t9-/m0/s1. The summed E-state index contributed by atoms with van der Waals surface area (Å²) in [5, 5.41) is 13.1. The second-order valence-corrected chi connectivity index (χ2v) is 3.72. The van der Waals surface area contributed by atoms with Crippen molar-refractivity contribution >= 4 is 11.0 Å². The van der Waals surface area contributed by atoms with Gasteiger partial charge in [-0.25, -0.2) is 0 Å². The molecule has 1 aromatic heterocycles. The molecule has 0 spiro atoms. The number of hydrogen-bond acceptors (Lipinski definition) is 3. The second kappa shape index (κ2) is 4.47. The normalized spacial score (nSPS) is 13.2. The lowest BCUT2D eigenvalue weighted by atomic mass is 10.2. The summed E-state index contributed by atoms with van der Waals surface area (Å²) in [5.74, 6) is 0.900. The van der Waals surface area contributed by atoms with Gasteiger partial charge in [0.15, 0.2) is 0 Å². The molecule has 0 aliphatic carbocycles. The van der Waals surface area contributed by atoms with Crippen LogP contribution in [0, 0.1) is 0 Å². The fraction of sp³-hybridized carbons (Fsp3) is 0.333. The van der Waals surface area contributed by atoms with Gasteiger partial charge in [-0.15, -0.1) is 0 Å². The third-order valence-corrected chi connectivity index (χ3v) is 2.38. The van der Waals surface area contributed by atoms with Crippen molar-refractivity contribution < 1.29 is 9.52 Å². The van der Waals surface area contributed by atoms with Crippen LogP contribution in [0.3, 0.4) is 0 Å². The van der Waals surface area contributed by atoms with Gasteiger partial charge in [-0.2, -0.15) is 0 Å². The molecule has 0 aliphatic rings. The molecular formula is C12H15NO2. The van der Waals surface area contributed by atoms with Crippen LogP contribution in [0.2, 0.25) is 0 Å². The maximum absolute atomic E-state index is 8.86. The fourth-order valence-electron chi connectivity index (χ4n) is 1.46. The van der Waals surface area contributed by atoms with Crippen LogP contribution in [0.15, 0.2) is 34.7 Å². The van der Waals surface area contributed by atoms with Crippen LogP contribution in [0.1, 0.15) is 12.7 Å². The number of aliphatic hydroxyl groups excluding tert-OH is 1. The molecule has 0 fully saturated rings.